The summed E-state index contributed by atoms with van der Waals surface area (Å²) in [6, 6.07) is 3.89. The molecule has 0 aliphatic heterocycles. The Hall–Kier alpha value is -1.55. The number of likely N-dealkylation sites (N-methyl/N-ethyl adjacent to an activating group) is 1. The summed E-state index contributed by atoms with van der Waals surface area (Å²) in [5, 5.41) is 2.95. The smallest absolute Gasteiger partial charge is 0.251 e. The Morgan fingerprint density at radius 3 is 2.50 bits per heavy atom. The lowest BCUT2D eigenvalue weighted by Crippen LogP contribution is -2.31. The van der Waals surface area contributed by atoms with Gasteiger partial charge in [0.25, 0.3) is 5.91 Å². The summed E-state index contributed by atoms with van der Waals surface area (Å²) in [5.74, 6) is 1.15. The number of hydrogen-bond acceptors (Lipinski definition) is 3. The molecule has 4 nitrogen and oxygen atoms in total. The fourth-order valence-electron chi connectivity index (χ4n) is 2.06. The summed E-state index contributed by atoms with van der Waals surface area (Å²) in [6.07, 6.45) is 0. The maximum absolute atomic E-state index is 12.3. The second kappa shape index (κ2) is 7.29. The Kier molecular flexibility index (Phi) is 6.02. The first-order chi connectivity index (χ1) is 9.36. The van der Waals surface area contributed by atoms with E-state index in [0.717, 1.165) is 29.0 Å². The van der Waals surface area contributed by atoms with E-state index in [0.29, 0.717) is 12.5 Å². The normalized spacial score (nSPS) is 11.0. The van der Waals surface area contributed by atoms with Gasteiger partial charge in [-0.3, -0.25) is 4.79 Å². The highest BCUT2D eigenvalue weighted by molar-refractivity contribution is 5.96. The fraction of sp³-hybridized carbons (Fsp3) is 0.562. The van der Waals surface area contributed by atoms with Crippen LogP contribution in [0.1, 0.15) is 41.3 Å². The summed E-state index contributed by atoms with van der Waals surface area (Å²) >= 11 is 0. The van der Waals surface area contributed by atoms with E-state index in [9.17, 15) is 4.79 Å². The van der Waals surface area contributed by atoms with Gasteiger partial charge in [-0.05, 0) is 50.2 Å². The zero-order valence-corrected chi connectivity index (χ0v) is 13.4. The Morgan fingerprint density at radius 2 is 2.00 bits per heavy atom. The van der Waals surface area contributed by atoms with Crippen LogP contribution in [0.4, 0.5) is 0 Å². The van der Waals surface area contributed by atoms with Gasteiger partial charge in [-0.25, -0.2) is 0 Å². The zero-order valence-electron chi connectivity index (χ0n) is 13.4. The minimum absolute atomic E-state index is 0.0195. The van der Waals surface area contributed by atoms with E-state index in [2.05, 4.69) is 19.2 Å². The highest BCUT2D eigenvalue weighted by Crippen LogP contribution is 2.29. The standard InChI is InChI=1S/C16H26N2O2/c1-11(2)13-10-14(12(3)9-15(13)20-6)16(19)17-7-8-18(4)5/h9-11H,7-8H2,1-6H3,(H,17,19). The van der Waals surface area contributed by atoms with Crippen LogP contribution in [0.3, 0.4) is 0 Å². The number of methoxy groups -OCH3 is 1. The molecule has 20 heavy (non-hydrogen) atoms. The van der Waals surface area contributed by atoms with Crippen molar-refractivity contribution in [1.82, 2.24) is 10.2 Å². The van der Waals surface area contributed by atoms with Crippen LogP contribution in [0.5, 0.6) is 5.75 Å². The average Bonchev–Trinajstić information content (AvgIpc) is 2.37. The number of benzene rings is 1. The summed E-state index contributed by atoms with van der Waals surface area (Å²) in [4.78, 5) is 14.3. The number of carbonyl (C=O) groups is 1. The topological polar surface area (TPSA) is 41.6 Å². The van der Waals surface area contributed by atoms with Gasteiger partial charge < -0.3 is 15.0 Å². The average molecular weight is 278 g/mol. The maximum atomic E-state index is 12.3. The van der Waals surface area contributed by atoms with Gasteiger partial charge in [0.2, 0.25) is 0 Å². The number of amides is 1. The van der Waals surface area contributed by atoms with Crippen molar-refractivity contribution in [2.75, 3.05) is 34.3 Å². The largest absolute Gasteiger partial charge is 0.496 e. The number of rotatable bonds is 6. The molecule has 0 aliphatic carbocycles. The van der Waals surface area contributed by atoms with Gasteiger partial charge in [0.05, 0.1) is 7.11 Å². The molecule has 0 unspecified atom stereocenters. The van der Waals surface area contributed by atoms with Gasteiger partial charge in [0, 0.05) is 18.7 Å². The van der Waals surface area contributed by atoms with Gasteiger partial charge in [0.1, 0.15) is 5.75 Å². The minimum Gasteiger partial charge on any atom is -0.496 e. The van der Waals surface area contributed by atoms with E-state index in [-0.39, 0.29) is 5.91 Å². The fourth-order valence-corrected chi connectivity index (χ4v) is 2.06. The van der Waals surface area contributed by atoms with Crippen molar-refractivity contribution in [2.24, 2.45) is 0 Å². The number of nitrogens with one attached hydrogen (secondary N) is 1. The number of hydrogen-bond donors (Lipinski definition) is 1. The van der Waals surface area contributed by atoms with Gasteiger partial charge in [-0.1, -0.05) is 13.8 Å². The number of ether oxygens (including phenoxy) is 1. The third-order valence-corrected chi connectivity index (χ3v) is 3.29. The molecule has 0 fully saturated rings. The van der Waals surface area contributed by atoms with E-state index in [1.54, 1.807) is 7.11 Å². The zero-order chi connectivity index (χ0) is 15.3. The predicted molar refractivity (Wildman–Crippen MR) is 82.7 cm³/mol. The Morgan fingerprint density at radius 1 is 1.35 bits per heavy atom. The molecule has 0 heterocycles. The van der Waals surface area contributed by atoms with Crippen molar-refractivity contribution in [1.29, 1.82) is 0 Å². The highest BCUT2D eigenvalue weighted by atomic mass is 16.5. The summed E-state index contributed by atoms with van der Waals surface area (Å²) < 4.78 is 5.40. The first kappa shape index (κ1) is 16.5. The second-order valence-corrected chi connectivity index (χ2v) is 5.62. The molecular weight excluding hydrogens is 252 g/mol. The molecule has 1 rings (SSSR count). The number of aryl methyl sites for hydroxylation is 1. The van der Waals surface area contributed by atoms with E-state index in [4.69, 9.17) is 4.74 Å². The maximum Gasteiger partial charge on any atom is 0.251 e. The molecule has 1 N–H and O–H groups in total. The van der Waals surface area contributed by atoms with Crippen LogP contribution >= 0.6 is 0 Å². The Bertz CT molecular complexity index is 468. The van der Waals surface area contributed by atoms with E-state index >= 15 is 0 Å². The van der Waals surface area contributed by atoms with Crippen LogP contribution in [0.15, 0.2) is 12.1 Å². The van der Waals surface area contributed by atoms with E-state index < -0.39 is 0 Å². The molecule has 0 bridgehead atoms. The van der Waals surface area contributed by atoms with Gasteiger partial charge in [-0.2, -0.15) is 0 Å². The molecule has 0 spiro atoms. The van der Waals surface area contributed by atoms with E-state index in [1.165, 1.54) is 0 Å². The van der Waals surface area contributed by atoms with Crippen molar-refractivity contribution >= 4 is 5.91 Å². The van der Waals surface area contributed by atoms with Crippen LogP contribution in [0.25, 0.3) is 0 Å². The molecule has 0 radical (unpaired) electrons. The summed E-state index contributed by atoms with van der Waals surface area (Å²) in [6.45, 7) is 7.61. The molecular formula is C16H26N2O2. The van der Waals surface area contributed by atoms with Gasteiger partial charge in [-0.15, -0.1) is 0 Å². The minimum atomic E-state index is -0.0195. The van der Waals surface area contributed by atoms with Crippen LogP contribution in [-0.2, 0) is 0 Å². The van der Waals surface area contributed by atoms with Gasteiger partial charge in [0.15, 0.2) is 0 Å². The monoisotopic (exact) mass is 278 g/mol. The summed E-state index contributed by atoms with van der Waals surface area (Å²) in [7, 11) is 5.64. The molecule has 0 saturated heterocycles. The molecule has 0 aliphatic rings. The second-order valence-electron chi connectivity index (χ2n) is 5.62. The van der Waals surface area contributed by atoms with Crippen molar-refractivity contribution in [3.8, 4) is 5.75 Å². The number of nitrogens with zero attached hydrogens (tertiary/aromatic N) is 1. The SMILES string of the molecule is COc1cc(C)c(C(=O)NCCN(C)C)cc1C(C)C. The molecule has 0 atom stereocenters. The number of carbonyl (C=O) groups excluding carboxylic acids is 1. The summed E-state index contributed by atoms with van der Waals surface area (Å²) in [5.41, 5.74) is 2.73. The Labute approximate surface area is 122 Å². The van der Waals surface area contributed by atoms with Crippen molar-refractivity contribution in [3.05, 3.63) is 28.8 Å². The molecule has 4 heteroatoms. The first-order valence-corrected chi connectivity index (χ1v) is 6.98. The van der Waals surface area contributed by atoms with Crippen molar-refractivity contribution in [3.63, 3.8) is 0 Å². The molecule has 1 amide bonds. The third kappa shape index (κ3) is 4.23. The lowest BCUT2D eigenvalue weighted by molar-refractivity contribution is 0.0950. The van der Waals surface area contributed by atoms with Crippen LogP contribution < -0.4 is 10.1 Å². The molecule has 0 saturated carbocycles. The van der Waals surface area contributed by atoms with Crippen molar-refractivity contribution in [2.45, 2.75) is 26.7 Å². The van der Waals surface area contributed by atoms with Crippen LogP contribution in [0.2, 0.25) is 0 Å². The van der Waals surface area contributed by atoms with Crippen LogP contribution in [-0.4, -0.2) is 45.1 Å². The Balaban J connectivity index is 2.94. The predicted octanol–water partition coefficient (Wildman–Crippen LogP) is 2.42. The first-order valence-electron chi connectivity index (χ1n) is 6.98. The molecule has 1 aromatic carbocycles. The quantitative estimate of drug-likeness (QED) is 0.869. The molecule has 1 aromatic rings. The lowest BCUT2D eigenvalue weighted by atomic mass is 9.96. The third-order valence-electron chi connectivity index (χ3n) is 3.29. The van der Waals surface area contributed by atoms with E-state index in [1.807, 2.05) is 38.1 Å². The van der Waals surface area contributed by atoms with Crippen molar-refractivity contribution < 1.29 is 9.53 Å². The molecule has 112 valence electrons. The van der Waals surface area contributed by atoms with Crippen LogP contribution in [0, 0.1) is 6.92 Å². The lowest BCUT2D eigenvalue weighted by Gasteiger charge is -2.16. The molecule has 0 aromatic heterocycles. The van der Waals surface area contributed by atoms with Gasteiger partial charge >= 0.3 is 0 Å². The highest BCUT2D eigenvalue weighted by Gasteiger charge is 2.15.